The monoisotopic (exact) mass is 453 g/mol. The Morgan fingerprint density at radius 1 is 0.909 bits per heavy atom. The van der Waals surface area contributed by atoms with Gasteiger partial charge < -0.3 is 18.8 Å². The molecule has 5 nitrogen and oxygen atoms in total. The van der Waals surface area contributed by atoms with Crippen molar-refractivity contribution >= 4 is 22.7 Å². The molecule has 3 heterocycles. The molecule has 1 amide bonds. The number of hydrogen-bond acceptors (Lipinski definition) is 3. The summed E-state index contributed by atoms with van der Waals surface area (Å²) in [6, 6.07) is 18.8. The maximum atomic E-state index is 13.4. The minimum absolute atomic E-state index is 0.110. The average Bonchev–Trinajstić information content (AvgIpc) is 3.42. The standard InChI is InChI=1S/C25H22F3N3O2/c26-25(27,28)19-7-4-8-20(15-19)29-10-12-30(13-11-29)24(32)22-16-23-21(9-14-33-23)31(22)17-18-5-2-1-3-6-18/h1-9,14-16H,10-13,17H2. The molecule has 0 unspecified atom stereocenters. The third-order valence-electron chi connectivity index (χ3n) is 6.03. The van der Waals surface area contributed by atoms with Gasteiger partial charge in [-0.3, -0.25) is 4.79 Å². The third-order valence-corrected chi connectivity index (χ3v) is 6.03. The van der Waals surface area contributed by atoms with Crippen LogP contribution >= 0.6 is 0 Å². The molecule has 0 radical (unpaired) electrons. The zero-order chi connectivity index (χ0) is 23.0. The van der Waals surface area contributed by atoms with E-state index in [1.165, 1.54) is 6.07 Å². The van der Waals surface area contributed by atoms with Gasteiger partial charge >= 0.3 is 6.18 Å². The second kappa shape index (κ2) is 8.35. The first-order valence-corrected chi connectivity index (χ1v) is 10.7. The molecule has 33 heavy (non-hydrogen) atoms. The third kappa shape index (κ3) is 4.20. The number of halogens is 3. The predicted molar refractivity (Wildman–Crippen MR) is 119 cm³/mol. The molecule has 8 heteroatoms. The molecule has 0 atom stereocenters. The molecule has 0 N–H and O–H groups in total. The highest BCUT2D eigenvalue weighted by molar-refractivity contribution is 5.97. The van der Waals surface area contributed by atoms with Crippen LogP contribution in [0.2, 0.25) is 0 Å². The van der Waals surface area contributed by atoms with Crippen LogP contribution < -0.4 is 4.90 Å². The first-order valence-electron chi connectivity index (χ1n) is 10.7. The number of alkyl halides is 3. The van der Waals surface area contributed by atoms with Gasteiger partial charge in [0.2, 0.25) is 0 Å². The number of fused-ring (bicyclic) bond motifs is 1. The lowest BCUT2D eigenvalue weighted by Crippen LogP contribution is -2.49. The van der Waals surface area contributed by atoms with Crippen molar-refractivity contribution < 1.29 is 22.4 Å². The number of aromatic nitrogens is 1. The largest absolute Gasteiger partial charge is 0.463 e. The van der Waals surface area contributed by atoms with Crippen LogP contribution in [0, 0.1) is 0 Å². The fourth-order valence-electron chi connectivity index (χ4n) is 4.30. The van der Waals surface area contributed by atoms with Crippen LogP contribution in [-0.4, -0.2) is 41.6 Å². The van der Waals surface area contributed by atoms with Crippen LogP contribution in [-0.2, 0) is 12.7 Å². The van der Waals surface area contributed by atoms with E-state index in [4.69, 9.17) is 4.42 Å². The molecular weight excluding hydrogens is 431 g/mol. The molecule has 5 rings (SSSR count). The SMILES string of the molecule is O=C(c1cc2occc2n1Cc1ccccc1)N1CCN(c2cccc(C(F)(F)F)c2)CC1. The lowest BCUT2D eigenvalue weighted by molar-refractivity contribution is -0.137. The van der Waals surface area contributed by atoms with E-state index in [0.717, 1.165) is 23.2 Å². The molecule has 1 aliphatic rings. The number of hydrogen-bond donors (Lipinski definition) is 0. The Balaban J connectivity index is 1.34. The van der Waals surface area contributed by atoms with E-state index < -0.39 is 11.7 Å². The summed E-state index contributed by atoms with van der Waals surface area (Å²) in [5.41, 5.74) is 2.96. The molecule has 4 aromatic rings. The van der Waals surface area contributed by atoms with Gasteiger partial charge in [0, 0.05) is 50.5 Å². The van der Waals surface area contributed by atoms with Crippen LogP contribution in [0.5, 0.6) is 0 Å². The lowest BCUT2D eigenvalue weighted by Gasteiger charge is -2.36. The Bertz CT molecular complexity index is 1270. The van der Waals surface area contributed by atoms with Crippen LogP contribution in [0.15, 0.2) is 77.4 Å². The van der Waals surface area contributed by atoms with E-state index in [1.807, 2.05) is 45.9 Å². The molecule has 170 valence electrons. The van der Waals surface area contributed by atoms with Gasteiger partial charge in [-0.05, 0) is 23.8 Å². The number of benzene rings is 2. The number of carbonyl (C=O) groups excluding carboxylic acids is 1. The Morgan fingerprint density at radius 3 is 2.39 bits per heavy atom. The Kier molecular flexibility index (Phi) is 5.36. The van der Waals surface area contributed by atoms with Crippen molar-refractivity contribution in [3.05, 3.63) is 89.8 Å². The predicted octanol–water partition coefficient (Wildman–Crippen LogP) is 5.26. The van der Waals surface area contributed by atoms with E-state index in [-0.39, 0.29) is 5.91 Å². The average molecular weight is 453 g/mol. The Morgan fingerprint density at radius 2 is 1.67 bits per heavy atom. The molecule has 1 aliphatic heterocycles. The van der Waals surface area contributed by atoms with Crippen molar-refractivity contribution in [1.82, 2.24) is 9.47 Å². The number of nitrogens with zero attached hydrogens (tertiary/aromatic N) is 3. The molecule has 0 aliphatic carbocycles. The van der Waals surface area contributed by atoms with Gasteiger partial charge in [-0.15, -0.1) is 0 Å². The van der Waals surface area contributed by atoms with Crippen molar-refractivity contribution in [2.24, 2.45) is 0 Å². The summed E-state index contributed by atoms with van der Waals surface area (Å²) in [6.07, 6.45) is -2.77. The van der Waals surface area contributed by atoms with Gasteiger partial charge in [0.15, 0.2) is 5.58 Å². The second-order valence-corrected chi connectivity index (χ2v) is 8.10. The van der Waals surface area contributed by atoms with Crippen molar-refractivity contribution in [2.75, 3.05) is 31.1 Å². The lowest BCUT2D eigenvalue weighted by atomic mass is 10.1. The van der Waals surface area contributed by atoms with Crippen LogP contribution in [0.25, 0.3) is 11.1 Å². The highest BCUT2D eigenvalue weighted by Crippen LogP contribution is 2.32. The summed E-state index contributed by atoms with van der Waals surface area (Å²) in [7, 11) is 0. The fourth-order valence-corrected chi connectivity index (χ4v) is 4.30. The van der Waals surface area contributed by atoms with E-state index in [9.17, 15) is 18.0 Å². The van der Waals surface area contributed by atoms with Crippen molar-refractivity contribution in [3.8, 4) is 0 Å². The van der Waals surface area contributed by atoms with Crippen LogP contribution in [0.3, 0.4) is 0 Å². The van der Waals surface area contributed by atoms with E-state index in [0.29, 0.717) is 49.7 Å². The number of piperazine rings is 1. The molecule has 0 spiro atoms. The van der Waals surface area contributed by atoms with Gasteiger partial charge in [0.1, 0.15) is 5.69 Å². The summed E-state index contributed by atoms with van der Waals surface area (Å²) < 4.78 is 46.7. The Hall–Kier alpha value is -3.68. The Labute approximate surface area is 188 Å². The van der Waals surface area contributed by atoms with Gasteiger partial charge in [0.25, 0.3) is 5.91 Å². The first-order chi connectivity index (χ1) is 15.9. The maximum absolute atomic E-state index is 13.4. The number of furan rings is 1. The highest BCUT2D eigenvalue weighted by atomic mass is 19.4. The molecular formula is C25H22F3N3O2. The van der Waals surface area contributed by atoms with E-state index in [1.54, 1.807) is 23.3 Å². The number of rotatable bonds is 4. The number of anilines is 1. The minimum Gasteiger partial charge on any atom is -0.463 e. The van der Waals surface area contributed by atoms with Gasteiger partial charge in [-0.2, -0.15) is 13.2 Å². The first kappa shape index (κ1) is 21.2. The van der Waals surface area contributed by atoms with Crippen molar-refractivity contribution in [3.63, 3.8) is 0 Å². The van der Waals surface area contributed by atoms with Crippen molar-refractivity contribution in [1.29, 1.82) is 0 Å². The fraction of sp³-hybridized carbons (Fsp3) is 0.240. The summed E-state index contributed by atoms with van der Waals surface area (Å²) >= 11 is 0. The molecule has 2 aromatic heterocycles. The summed E-state index contributed by atoms with van der Waals surface area (Å²) in [6.45, 7) is 2.31. The molecule has 2 aromatic carbocycles. The van der Waals surface area contributed by atoms with Crippen LogP contribution in [0.4, 0.5) is 18.9 Å². The minimum atomic E-state index is -4.38. The summed E-state index contributed by atoms with van der Waals surface area (Å²) in [5.74, 6) is -0.110. The zero-order valence-corrected chi connectivity index (χ0v) is 17.8. The van der Waals surface area contributed by atoms with Gasteiger partial charge in [0.05, 0.1) is 17.3 Å². The molecule has 1 saturated heterocycles. The van der Waals surface area contributed by atoms with E-state index in [2.05, 4.69) is 0 Å². The molecule has 0 saturated carbocycles. The topological polar surface area (TPSA) is 41.6 Å². The number of amides is 1. The number of carbonyl (C=O) groups is 1. The van der Waals surface area contributed by atoms with Crippen LogP contribution in [0.1, 0.15) is 21.6 Å². The second-order valence-electron chi connectivity index (χ2n) is 8.10. The molecule has 1 fully saturated rings. The normalized spacial score (nSPS) is 14.8. The molecule has 0 bridgehead atoms. The van der Waals surface area contributed by atoms with Gasteiger partial charge in [-0.25, -0.2) is 0 Å². The highest BCUT2D eigenvalue weighted by Gasteiger charge is 2.31. The van der Waals surface area contributed by atoms with Gasteiger partial charge in [-0.1, -0.05) is 36.4 Å². The summed E-state index contributed by atoms with van der Waals surface area (Å²) in [4.78, 5) is 17.0. The quantitative estimate of drug-likeness (QED) is 0.423. The van der Waals surface area contributed by atoms with Crippen molar-refractivity contribution in [2.45, 2.75) is 12.7 Å². The van der Waals surface area contributed by atoms with E-state index >= 15 is 0 Å². The zero-order valence-electron chi connectivity index (χ0n) is 17.8. The summed E-state index contributed by atoms with van der Waals surface area (Å²) in [5, 5.41) is 0. The maximum Gasteiger partial charge on any atom is 0.416 e. The smallest absolute Gasteiger partial charge is 0.416 e.